The summed E-state index contributed by atoms with van der Waals surface area (Å²) in [4.78, 5) is 38.4. The molecule has 47 heavy (non-hydrogen) atoms. The van der Waals surface area contributed by atoms with Crippen molar-refractivity contribution >= 4 is 47.5 Å². The number of rotatable bonds is 11. The van der Waals surface area contributed by atoms with Crippen molar-refractivity contribution in [2.45, 2.75) is 59.9 Å². The summed E-state index contributed by atoms with van der Waals surface area (Å²) in [7, 11) is 0. The van der Waals surface area contributed by atoms with Gasteiger partial charge in [0, 0.05) is 47.8 Å². The summed E-state index contributed by atoms with van der Waals surface area (Å²) in [5, 5.41) is 17.5. The van der Waals surface area contributed by atoms with Crippen LogP contribution in [-0.2, 0) is 14.3 Å². The summed E-state index contributed by atoms with van der Waals surface area (Å²) in [5.41, 5.74) is 1.30. The van der Waals surface area contributed by atoms with Crippen molar-refractivity contribution in [2.24, 2.45) is 0 Å². The molecule has 0 aliphatic carbocycles. The molecular formula is C29H33Cl2LiN8O7. The summed E-state index contributed by atoms with van der Waals surface area (Å²) in [6.07, 6.45) is 7.64. The van der Waals surface area contributed by atoms with E-state index < -0.39 is 11.9 Å². The van der Waals surface area contributed by atoms with Crippen LogP contribution in [0.15, 0.2) is 49.1 Å². The van der Waals surface area contributed by atoms with Crippen molar-refractivity contribution in [1.29, 1.82) is 0 Å². The Balaban J connectivity index is 0.000000454. The van der Waals surface area contributed by atoms with E-state index in [2.05, 4.69) is 30.1 Å². The molecule has 15 nitrogen and oxygen atoms in total. The third kappa shape index (κ3) is 14.4. The Labute approximate surface area is 293 Å². The van der Waals surface area contributed by atoms with Crippen LogP contribution in [0.2, 0.25) is 10.3 Å². The van der Waals surface area contributed by atoms with Crippen LogP contribution >= 0.6 is 23.2 Å². The maximum atomic E-state index is 11.5. The molecule has 0 aliphatic heterocycles. The van der Waals surface area contributed by atoms with Crippen LogP contribution in [0, 0.1) is 0 Å². The fourth-order valence-electron chi connectivity index (χ4n) is 3.31. The quantitative estimate of drug-likeness (QED) is 0.105. The summed E-state index contributed by atoms with van der Waals surface area (Å²) < 4.78 is 18.7. The average Bonchev–Trinajstić information content (AvgIpc) is 3.60. The molecule has 4 rings (SSSR count). The van der Waals surface area contributed by atoms with Crippen molar-refractivity contribution in [2.75, 3.05) is 0 Å². The zero-order valence-corrected chi connectivity index (χ0v) is 28.3. The number of hydrogen-bond acceptors (Lipinski definition) is 12. The Hall–Kier alpha value is -4.26. The number of nitrogens with zero attached hydrogens (tertiary/aromatic N) is 8. The van der Waals surface area contributed by atoms with Crippen molar-refractivity contribution in [3.05, 3.63) is 59.4 Å². The van der Waals surface area contributed by atoms with E-state index in [0.29, 0.717) is 34.5 Å². The first-order valence-electron chi connectivity index (χ1n) is 13.6. The van der Waals surface area contributed by atoms with Crippen LogP contribution in [0.1, 0.15) is 41.5 Å². The van der Waals surface area contributed by atoms with E-state index in [1.807, 2.05) is 27.7 Å². The predicted octanol–water partition coefficient (Wildman–Crippen LogP) is 2.37. The number of hydrogen-bond donors (Lipinski definition) is 1. The third-order valence-corrected chi connectivity index (χ3v) is 5.26. The smallest absolute Gasteiger partial charge is 0.870 e. The molecule has 246 valence electrons. The molecule has 0 radical (unpaired) electrons. The average molecular weight is 683 g/mol. The topological polar surface area (TPSA) is 199 Å². The zero-order valence-electron chi connectivity index (χ0n) is 26.8. The number of esters is 1. The standard InChI is InChI=1S/C16H19ClN4O3.C13H13ClN4O3.Li.H2O/c1-10(2)23-14-8-12(7-13(17)19-14)16-18-9-21(20-16)6-5-15(22)24-11(3)4;1-8(2)21-11-6-9(5-10(14)16-11)13-15-7-18(17-13)4-3-12(19)20;;/h5-11H,1-4H3;3-8H,1-2H3,(H,19,20);;1H2/q;;+1;/p-1/b6-5-;4-3-;;. The SMILES string of the molecule is CC(C)OC(=O)/C=C\n1cnc(-c2cc(Cl)nc(OC(C)C)c2)n1.CC(C)Oc1cc(-c2ncn(/C=C\C(=O)O)n2)cc(Cl)n1.[Li+].[OH-]. The molecule has 0 saturated carbocycles. The first-order chi connectivity index (χ1) is 21.3. The van der Waals surface area contributed by atoms with Crippen molar-refractivity contribution in [3.63, 3.8) is 0 Å². The summed E-state index contributed by atoms with van der Waals surface area (Å²) in [5.74, 6) is 0.107. The van der Waals surface area contributed by atoms with Gasteiger partial charge >= 0.3 is 30.8 Å². The third-order valence-electron chi connectivity index (χ3n) is 4.87. The number of halogens is 2. The molecular weight excluding hydrogens is 650 g/mol. The molecule has 0 aromatic carbocycles. The second kappa shape index (κ2) is 19.4. The molecule has 4 heterocycles. The number of carbonyl (C=O) groups is 2. The minimum Gasteiger partial charge on any atom is -0.870 e. The number of carboxylic acids is 1. The molecule has 0 spiro atoms. The fraction of sp³-hybridized carbons (Fsp3) is 0.310. The van der Waals surface area contributed by atoms with Gasteiger partial charge in [-0.15, -0.1) is 10.2 Å². The number of carboxylic acid groups (broad SMARTS) is 1. The molecule has 0 saturated heterocycles. The van der Waals surface area contributed by atoms with Crippen molar-refractivity contribution in [1.82, 2.24) is 39.5 Å². The fourth-order valence-corrected chi connectivity index (χ4v) is 3.72. The van der Waals surface area contributed by atoms with E-state index in [1.165, 1.54) is 40.5 Å². The number of aliphatic carboxylic acids is 1. The number of ether oxygens (including phenoxy) is 3. The van der Waals surface area contributed by atoms with E-state index in [0.717, 1.165) is 6.08 Å². The van der Waals surface area contributed by atoms with E-state index in [-0.39, 0.29) is 53.0 Å². The Morgan fingerprint density at radius 1 is 0.745 bits per heavy atom. The van der Waals surface area contributed by atoms with Gasteiger partial charge in [0.1, 0.15) is 23.0 Å². The summed E-state index contributed by atoms with van der Waals surface area (Å²) in [6.45, 7) is 11.1. The minimum atomic E-state index is -1.06. The van der Waals surface area contributed by atoms with Crippen LogP contribution in [0.4, 0.5) is 0 Å². The Bertz CT molecular complexity index is 1680. The number of carbonyl (C=O) groups excluding carboxylic acids is 1. The van der Waals surface area contributed by atoms with Crippen molar-refractivity contribution < 1.29 is 53.2 Å². The molecule has 0 atom stereocenters. The van der Waals surface area contributed by atoms with Crippen LogP contribution in [0.25, 0.3) is 35.2 Å². The van der Waals surface area contributed by atoms with Gasteiger partial charge in [0.2, 0.25) is 11.8 Å². The van der Waals surface area contributed by atoms with Crippen LogP contribution in [0.3, 0.4) is 0 Å². The van der Waals surface area contributed by atoms with E-state index >= 15 is 0 Å². The molecule has 0 bridgehead atoms. The van der Waals surface area contributed by atoms with Crippen LogP contribution < -0.4 is 28.3 Å². The van der Waals surface area contributed by atoms with Gasteiger partial charge in [-0.1, -0.05) is 23.2 Å². The minimum absolute atomic E-state index is 0. The maximum Gasteiger partial charge on any atom is 1.00 e. The van der Waals surface area contributed by atoms with Crippen LogP contribution in [0.5, 0.6) is 11.8 Å². The van der Waals surface area contributed by atoms with Gasteiger partial charge in [-0.25, -0.2) is 38.9 Å². The van der Waals surface area contributed by atoms with Gasteiger partial charge in [-0.05, 0) is 53.7 Å². The number of pyridine rings is 2. The second-order valence-electron chi connectivity index (χ2n) is 9.92. The zero-order chi connectivity index (χ0) is 33.1. The van der Waals surface area contributed by atoms with Crippen LogP contribution in [-0.4, -0.2) is 80.3 Å². The molecule has 18 heteroatoms. The van der Waals surface area contributed by atoms with E-state index in [1.54, 1.807) is 38.1 Å². The van der Waals surface area contributed by atoms with E-state index in [4.69, 9.17) is 42.5 Å². The van der Waals surface area contributed by atoms with Gasteiger partial charge in [0.05, 0.1) is 18.3 Å². The molecule has 0 aliphatic rings. The Kier molecular flexibility index (Phi) is 16.8. The summed E-state index contributed by atoms with van der Waals surface area (Å²) >= 11 is 12.0. The molecule has 4 aromatic rings. The molecule has 4 aromatic heterocycles. The normalized spacial score (nSPS) is 10.9. The molecule has 0 unspecified atom stereocenters. The van der Waals surface area contributed by atoms with Gasteiger partial charge in [0.25, 0.3) is 0 Å². The Morgan fingerprint density at radius 3 is 1.55 bits per heavy atom. The van der Waals surface area contributed by atoms with Gasteiger partial charge in [-0.2, -0.15) is 0 Å². The van der Waals surface area contributed by atoms with E-state index in [9.17, 15) is 9.59 Å². The number of aromatic nitrogens is 8. The van der Waals surface area contributed by atoms with Gasteiger partial charge in [0.15, 0.2) is 11.6 Å². The first-order valence-corrected chi connectivity index (χ1v) is 14.3. The second-order valence-corrected chi connectivity index (χ2v) is 10.7. The predicted molar refractivity (Wildman–Crippen MR) is 170 cm³/mol. The maximum absolute atomic E-state index is 11.5. The Morgan fingerprint density at radius 2 is 1.17 bits per heavy atom. The molecule has 0 amide bonds. The molecule has 2 N–H and O–H groups in total. The van der Waals surface area contributed by atoms with Gasteiger partial charge < -0.3 is 24.8 Å². The molecule has 0 fully saturated rings. The summed E-state index contributed by atoms with van der Waals surface area (Å²) in [6, 6.07) is 6.63. The van der Waals surface area contributed by atoms with Crippen molar-refractivity contribution in [3.8, 4) is 34.5 Å². The monoisotopic (exact) mass is 682 g/mol. The van der Waals surface area contributed by atoms with Gasteiger partial charge in [-0.3, -0.25) is 0 Å². The largest absolute Gasteiger partial charge is 1.00 e. The first kappa shape index (κ1) is 40.8.